The molecule has 6 aromatic rings. The Morgan fingerprint density at radius 2 is 0.873 bits per heavy atom. The minimum Gasteiger partial charge on any atom is -0.480 e. The summed E-state index contributed by atoms with van der Waals surface area (Å²) in [5.74, 6) is -10.5. The summed E-state index contributed by atoms with van der Waals surface area (Å²) >= 11 is 0. The van der Waals surface area contributed by atoms with Crippen LogP contribution >= 0.6 is 0 Å². The van der Waals surface area contributed by atoms with Crippen LogP contribution in [0.15, 0.2) is 97.3 Å². The molecule has 10 N–H and O–H groups in total. The smallest absolute Gasteiger partial charge is 0.326 e. The Labute approximate surface area is 588 Å². The number of aromatic nitrogens is 6. The summed E-state index contributed by atoms with van der Waals surface area (Å²) < 4.78 is 2.23. The monoisotopic (exact) mass is 1410 g/mol. The van der Waals surface area contributed by atoms with Crippen LogP contribution in [0.5, 0.6) is 0 Å². The summed E-state index contributed by atoms with van der Waals surface area (Å²) in [5, 5.41) is 63.3. The molecular formula is C70H90N18O14. The van der Waals surface area contributed by atoms with Gasteiger partial charge in [-0.25, -0.2) is 19.0 Å². The number of piperazine rings is 2. The Kier molecular flexibility index (Phi) is 23.9. The van der Waals surface area contributed by atoms with Gasteiger partial charge in [0.1, 0.15) is 61.4 Å². The molecule has 0 saturated carbocycles. The van der Waals surface area contributed by atoms with E-state index < -0.39 is 181 Å². The lowest BCUT2D eigenvalue weighted by molar-refractivity contribution is -0.153. The van der Waals surface area contributed by atoms with Crippen LogP contribution in [0.1, 0.15) is 77.9 Å². The molecule has 3 aliphatic rings. The SMILES string of the molecule is CN[C@@H](C)C(=O)N[C@H](C(=O)N1CCN2C[C@H]1C(=O)N[C@@H](Cc1ccc3ccccc3c1)C(=O)N[C@H](C(=O)O)Cc1cn(nn1)CC(=O)N1CCN(C(=O)[C@@H](NC(=O)[C@H](C)NC)C(C)(C)C)[C@@H](C1)C(=O)N[C@@H](Cc1ccc3ccccc3c1)C(=O)N[C@H](C(=O)O)Cc1cn(nn1)CC2=O)C(C)(C)C. The van der Waals surface area contributed by atoms with Gasteiger partial charge < -0.3 is 72.3 Å². The molecule has 0 spiro atoms. The Morgan fingerprint density at radius 3 is 1.22 bits per heavy atom. The van der Waals surface area contributed by atoms with Crippen LogP contribution < -0.4 is 42.5 Å². The van der Waals surface area contributed by atoms with Gasteiger partial charge in [-0.1, -0.05) is 137 Å². The van der Waals surface area contributed by atoms with Gasteiger partial charge in [0.05, 0.1) is 36.6 Å². The molecule has 0 aliphatic carbocycles. The summed E-state index contributed by atoms with van der Waals surface area (Å²) in [6.07, 6.45) is 1.12. The molecule has 2 aromatic heterocycles. The lowest BCUT2D eigenvalue weighted by atomic mass is 9.85. The van der Waals surface area contributed by atoms with Crippen molar-refractivity contribution in [3.05, 3.63) is 120 Å². The highest BCUT2D eigenvalue weighted by molar-refractivity contribution is 5.99. The van der Waals surface area contributed by atoms with Crippen LogP contribution in [0.2, 0.25) is 0 Å². The van der Waals surface area contributed by atoms with Gasteiger partial charge in [0.15, 0.2) is 0 Å². The lowest BCUT2D eigenvalue weighted by Gasteiger charge is -2.44. The molecule has 9 rings (SSSR count). The predicted octanol–water partition coefficient (Wildman–Crippen LogP) is -1.08. The minimum absolute atomic E-state index is 0.00508. The molecule has 0 radical (unpaired) electrons. The number of carbonyl (C=O) groups is 12. The molecule has 10 atom stereocenters. The van der Waals surface area contributed by atoms with Gasteiger partial charge in [-0.3, -0.25) is 47.9 Å². The van der Waals surface area contributed by atoms with Crippen molar-refractivity contribution in [2.24, 2.45) is 10.8 Å². The zero-order chi connectivity index (χ0) is 74.1. The molecule has 0 unspecified atom stereocenters. The molecule has 102 heavy (non-hydrogen) atoms. The van der Waals surface area contributed by atoms with Crippen molar-refractivity contribution in [3.63, 3.8) is 0 Å². The number of carboxylic acid groups (broad SMARTS) is 2. The van der Waals surface area contributed by atoms with Gasteiger partial charge in [-0.05, 0) is 71.4 Å². The fourth-order valence-electron chi connectivity index (χ4n) is 12.4. The van der Waals surface area contributed by atoms with Crippen LogP contribution in [-0.2, 0) is 96.3 Å². The van der Waals surface area contributed by atoms with Crippen LogP contribution in [0.25, 0.3) is 21.5 Å². The van der Waals surface area contributed by atoms with E-state index in [4.69, 9.17) is 0 Å². The van der Waals surface area contributed by atoms with Crippen LogP contribution in [0.4, 0.5) is 0 Å². The summed E-state index contributed by atoms with van der Waals surface area (Å²) in [4.78, 5) is 178. The zero-order valence-corrected chi connectivity index (χ0v) is 58.8. The van der Waals surface area contributed by atoms with E-state index in [1.54, 1.807) is 93.8 Å². The minimum atomic E-state index is -1.74. The number of fused-ring (bicyclic) bond motifs is 10. The molecule has 32 nitrogen and oxygen atoms in total. The highest BCUT2D eigenvalue weighted by atomic mass is 16.4. The number of benzene rings is 4. The maximum Gasteiger partial charge on any atom is 0.326 e. The molecule has 10 amide bonds. The summed E-state index contributed by atoms with van der Waals surface area (Å²) in [6, 6.07) is 11.8. The summed E-state index contributed by atoms with van der Waals surface area (Å²) in [6.45, 7) is 10.7. The normalized spacial score (nSPS) is 21.5. The Hall–Kier alpha value is -10.8. The van der Waals surface area contributed by atoms with E-state index in [2.05, 4.69) is 63.2 Å². The molecule has 2 saturated heterocycles. The van der Waals surface area contributed by atoms with Crippen LogP contribution in [0, 0.1) is 10.8 Å². The van der Waals surface area contributed by atoms with Crippen LogP contribution in [0.3, 0.4) is 0 Å². The first kappa shape index (κ1) is 75.4. The summed E-state index contributed by atoms with van der Waals surface area (Å²) in [5.41, 5.74) is -0.844. The van der Waals surface area contributed by atoms with Gasteiger partial charge in [-0.2, -0.15) is 0 Å². The molecular weight excluding hydrogens is 1320 g/mol. The van der Waals surface area contributed by atoms with E-state index in [-0.39, 0.29) is 50.4 Å². The molecule has 32 heteroatoms. The first-order valence-corrected chi connectivity index (χ1v) is 33.8. The number of hydrogen-bond donors (Lipinski definition) is 10. The number of nitrogens with zero attached hydrogens (tertiary/aromatic N) is 10. The molecule has 544 valence electrons. The molecule has 3 aliphatic heterocycles. The van der Waals surface area contributed by atoms with Crippen LogP contribution in [-0.4, -0.2) is 245 Å². The van der Waals surface area contributed by atoms with E-state index in [9.17, 15) is 48.6 Å². The van der Waals surface area contributed by atoms with Crippen molar-refractivity contribution in [2.45, 2.75) is 155 Å². The summed E-state index contributed by atoms with van der Waals surface area (Å²) in [7, 11) is 3.14. The number of carboxylic acids is 2. The van der Waals surface area contributed by atoms with Crippen molar-refractivity contribution in [2.75, 3.05) is 53.4 Å². The van der Waals surface area contributed by atoms with E-state index in [1.807, 2.05) is 60.7 Å². The molecule has 8 bridgehead atoms. The maximum absolute atomic E-state index is 15.3. The van der Waals surface area contributed by atoms with Gasteiger partial charge >= 0.3 is 11.9 Å². The largest absolute Gasteiger partial charge is 0.480 e. The second-order valence-corrected chi connectivity index (χ2v) is 28.3. The number of nitrogens with one attached hydrogen (secondary N) is 8. The standard InChI is InChI=1S/C70H90N18O14/c1-39(71-9)59(91)77-57(69(3,4)5)65(97)87-25-23-83-35-53(87)63(95)73-49(29-41-19-21-43-15-11-13-17-45(43)27-41)61(93)75-51(67(99)100)31-48-34-86(82-80-48)38-56(90)84-24-26-88(66(98)58(70(6,7)8)78-60(92)40(2)72-10)54(36-84)64(96)74-50(30-42-20-22-44-16-12-14-18-46(44)28-42)62(94)76-52(68(101)102)32-47-33-85(81-79-47)37-55(83)89/h11-22,27-28,33-34,39-40,49-54,57-58,71-72H,23-26,29-32,35-38H2,1-10H3,(H,73,95)(H,74,96)(H,75,93)(H,76,94)(H,77,91)(H,78,92)(H,99,100)(H,101,102)/t39-,40-,49-,50-,51-,52-,53-,54-,57+,58+/m0/s1. The van der Waals surface area contributed by atoms with Crippen molar-refractivity contribution in [3.8, 4) is 0 Å². The highest BCUT2D eigenvalue weighted by Gasteiger charge is 2.47. The molecule has 4 aromatic carbocycles. The average molecular weight is 1410 g/mol. The lowest BCUT2D eigenvalue weighted by Crippen LogP contribution is -2.67. The van der Waals surface area contributed by atoms with E-state index >= 15 is 19.2 Å². The third-order valence-corrected chi connectivity index (χ3v) is 18.7. The van der Waals surface area contributed by atoms with E-state index in [1.165, 1.54) is 32.0 Å². The Balaban J connectivity index is 1.09. The van der Waals surface area contributed by atoms with Gasteiger partial charge in [-0.15, -0.1) is 10.2 Å². The van der Waals surface area contributed by atoms with Gasteiger partial charge in [0.2, 0.25) is 59.1 Å². The highest BCUT2D eigenvalue weighted by Crippen LogP contribution is 2.28. The predicted molar refractivity (Wildman–Crippen MR) is 370 cm³/mol. The topological polar surface area (TPSA) is 416 Å². The second-order valence-electron chi connectivity index (χ2n) is 28.3. The number of likely N-dealkylation sites (N-methyl/N-ethyl adjacent to an activating group) is 2. The Morgan fingerprint density at radius 1 is 0.510 bits per heavy atom. The maximum atomic E-state index is 15.3. The average Bonchev–Trinajstić information content (AvgIpc) is 0.864. The fourth-order valence-corrected chi connectivity index (χ4v) is 12.4. The third kappa shape index (κ3) is 18.6. The van der Waals surface area contributed by atoms with Gasteiger partial charge in [0.25, 0.3) is 0 Å². The quantitative estimate of drug-likeness (QED) is 0.0620. The first-order chi connectivity index (χ1) is 48.3. The Bertz CT molecular complexity index is 3900. The zero-order valence-electron chi connectivity index (χ0n) is 58.8. The van der Waals surface area contributed by atoms with E-state index in [0.717, 1.165) is 30.9 Å². The molecule has 2 fully saturated rings. The third-order valence-electron chi connectivity index (χ3n) is 18.7. The number of rotatable bonds is 14. The fraction of sp³-hybridized carbons (Fsp3) is 0.486. The number of carbonyl (C=O) groups excluding carboxylic acids is 10. The first-order valence-electron chi connectivity index (χ1n) is 33.8. The van der Waals surface area contributed by atoms with Gasteiger partial charge in [0, 0.05) is 64.3 Å². The van der Waals surface area contributed by atoms with Crippen molar-refractivity contribution in [1.82, 2.24) is 92.1 Å². The number of aliphatic carboxylic acids is 2. The van der Waals surface area contributed by atoms with Crippen molar-refractivity contribution in [1.29, 1.82) is 0 Å². The van der Waals surface area contributed by atoms with E-state index in [0.29, 0.717) is 11.1 Å². The van der Waals surface area contributed by atoms with Crippen molar-refractivity contribution >= 4 is 92.6 Å². The number of amides is 10. The second kappa shape index (κ2) is 32.3. The molecule has 5 heterocycles. The van der Waals surface area contributed by atoms with Crippen molar-refractivity contribution < 1.29 is 67.7 Å². The number of hydrogen-bond acceptors (Lipinski definition) is 18.